The van der Waals surface area contributed by atoms with Crippen molar-refractivity contribution in [3.8, 4) is 0 Å². The predicted octanol–water partition coefficient (Wildman–Crippen LogP) is 1.08. The van der Waals surface area contributed by atoms with Gasteiger partial charge in [-0.15, -0.1) is 0 Å². The molecule has 0 aromatic carbocycles. The molecule has 0 aliphatic heterocycles. The third-order valence-electron chi connectivity index (χ3n) is 3.32. The zero-order chi connectivity index (χ0) is 13.8. The van der Waals surface area contributed by atoms with Crippen molar-refractivity contribution in [2.45, 2.75) is 31.4 Å². The van der Waals surface area contributed by atoms with E-state index in [1.807, 2.05) is 0 Å². The zero-order valence-electron chi connectivity index (χ0n) is 10.6. The predicted molar refractivity (Wildman–Crippen MR) is 67.1 cm³/mol. The lowest BCUT2D eigenvalue weighted by molar-refractivity contribution is 0.0688. The Morgan fingerprint density at radius 1 is 1.42 bits per heavy atom. The van der Waals surface area contributed by atoms with Gasteiger partial charge in [0.15, 0.2) is 0 Å². The SMILES string of the molecule is COC1CCCC1NC(=O)c1ccc(C(=O)O)nc1. The van der Waals surface area contributed by atoms with E-state index in [0.29, 0.717) is 5.56 Å². The molecule has 1 saturated carbocycles. The molecule has 1 aromatic heterocycles. The summed E-state index contributed by atoms with van der Waals surface area (Å²) in [6.07, 6.45) is 4.19. The number of nitrogens with one attached hydrogen (secondary N) is 1. The van der Waals surface area contributed by atoms with Crippen LogP contribution < -0.4 is 5.32 Å². The van der Waals surface area contributed by atoms with E-state index < -0.39 is 5.97 Å². The molecule has 1 fully saturated rings. The number of carboxylic acids is 1. The van der Waals surface area contributed by atoms with E-state index in [0.717, 1.165) is 19.3 Å². The van der Waals surface area contributed by atoms with Crippen LogP contribution in [0.3, 0.4) is 0 Å². The lowest BCUT2D eigenvalue weighted by Crippen LogP contribution is -2.40. The molecular weight excluding hydrogens is 248 g/mol. The van der Waals surface area contributed by atoms with Gasteiger partial charge in [-0.3, -0.25) is 4.79 Å². The Balaban J connectivity index is 2.01. The largest absolute Gasteiger partial charge is 0.477 e. The fraction of sp³-hybridized carbons (Fsp3) is 0.462. The molecule has 2 atom stereocenters. The van der Waals surface area contributed by atoms with Crippen molar-refractivity contribution in [1.82, 2.24) is 10.3 Å². The third kappa shape index (κ3) is 3.08. The van der Waals surface area contributed by atoms with Gasteiger partial charge >= 0.3 is 5.97 Å². The summed E-state index contributed by atoms with van der Waals surface area (Å²) in [5.41, 5.74) is 0.277. The van der Waals surface area contributed by atoms with Gasteiger partial charge in [0.1, 0.15) is 5.69 Å². The van der Waals surface area contributed by atoms with Crippen molar-refractivity contribution in [3.05, 3.63) is 29.6 Å². The van der Waals surface area contributed by atoms with Gasteiger partial charge in [-0.2, -0.15) is 0 Å². The quantitative estimate of drug-likeness (QED) is 0.849. The first-order chi connectivity index (χ1) is 9.11. The summed E-state index contributed by atoms with van der Waals surface area (Å²) in [6.45, 7) is 0. The maximum Gasteiger partial charge on any atom is 0.354 e. The average molecular weight is 264 g/mol. The Morgan fingerprint density at radius 3 is 2.79 bits per heavy atom. The Hall–Kier alpha value is -1.95. The van der Waals surface area contributed by atoms with E-state index in [2.05, 4.69) is 10.3 Å². The van der Waals surface area contributed by atoms with E-state index in [-0.39, 0.29) is 23.7 Å². The molecule has 1 amide bonds. The van der Waals surface area contributed by atoms with Crippen molar-refractivity contribution < 1.29 is 19.4 Å². The number of nitrogens with zero attached hydrogens (tertiary/aromatic N) is 1. The van der Waals surface area contributed by atoms with Crippen LogP contribution in [0, 0.1) is 0 Å². The number of aromatic carboxylic acids is 1. The summed E-state index contributed by atoms with van der Waals surface area (Å²) >= 11 is 0. The number of rotatable bonds is 4. The highest BCUT2D eigenvalue weighted by molar-refractivity contribution is 5.95. The Labute approximate surface area is 110 Å². The maximum absolute atomic E-state index is 12.0. The van der Waals surface area contributed by atoms with Gasteiger partial charge in [-0.05, 0) is 31.4 Å². The minimum absolute atomic E-state index is 0.0108. The minimum Gasteiger partial charge on any atom is -0.477 e. The van der Waals surface area contributed by atoms with Crippen LogP contribution in [0.1, 0.15) is 40.1 Å². The smallest absolute Gasteiger partial charge is 0.354 e. The standard InChI is InChI=1S/C13H16N2O4/c1-19-11-4-2-3-9(11)15-12(16)8-5-6-10(13(17)18)14-7-8/h5-7,9,11H,2-4H2,1H3,(H,15,16)(H,17,18). The Kier molecular flexibility index (Phi) is 4.11. The molecular formula is C13H16N2O4. The molecule has 102 valence electrons. The number of methoxy groups -OCH3 is 1. The topological polar surface area (TPSA) is 88.5 Å². The first-order valence-electron chi connectivity index (χ1n) is 6.15. The molecule has 0 spiro atoms. The normalized spacial score (nSPS) is 22.2. The number of carbonyl (C=O) groups excluding carboxylic acids is 1. The molecule has 1 heterocycles. The van der Waals surface area contributed by atoms with Crippen LogP contribution in [0.2, 0.25) is 0 Å². The van der Waals surface area contributed by atoms with Gasteiger partial charge in [0.2, 0.25) is 0 Å². The van der Waals surface area contributed by atoms with Gasteiger partial charge in [-0.25, -0.2) is 9.78 Å². The van der Waals surface area contributed by atoms with E-state index in [1.165, 1.54) is 18.3 Å². The molecule has 6 heteroatoms. The fourth-order valence-electron chi connectivity index (χ4n) is 2.28. The fourth-order valence-corrected chi connectivity index (χ4v) is 2.28. The minimum atomic E-state index is -1.11. The van der Waals surface area contributed by atoms with Crippen LogP contribution in [-0.2, 0) is 4.74 Å². The number of aromatic nitrogens is 1. The molecule has 0 bridgehead atoms. The second-order valence-corrected chi connectivity index (χ2v) is 4.52. The second-order valence-electron chi connectivity index (χ2n) is 4.52. The van der Waals surface area contributed by atoms with Gasteiger partial charge in [0.25, 0.3) is 5.91 Å². The average Bonchev–Trinajstić information content (AvgIpc) is 2.86. The van der Waals surface area contributed by atoms with Crippen LogP contribution in [0.15, 0.2) is 18.3 Å². The highest BCUT2D eigenvalue weighted by Gasteiger charge is 2.28. The number of amides is 1. The van der Waals surface area contributed by atoms with E-state index in [4.69, 9.17) is 9.84 Å². The number of hydrogen-bond acceptors (Lipinski definition) is 4. The zero-order valence-corrected chi connectivity index (χ0v) is 10.6. The van der Waals surface area contributed by atoms with Crippen LogP contribution in [0.25, 0.3) is 0 Å². The number of hydrogen-bond donors (Lipinski definition) is 2. The monoisotopic (exact) mass is 264 g/mol. The van der Waals surface area contributed by atoms with Crippen molar-refractivity contribution in [2.24, 2.45) is 0 Å². The van der Waals surface area contributed by atoms with E-state index >= 15 is 0 Å². The number of pyridine rings is 1. The van der Waals surface area contributed by atoms with Crippen molar-refractivity contribution in [1.29, 1.82) is 0 Å². The molecule has 2 N–H and O–H groups in total. The van der Waals surface area contributed by atoms with Crippen LogP contribution in [0.4, 0.5) is 0 Å². The number of carbonyl (C=O) groups is 2. The summed E-state index contributed by atoms with van der Waals surface area (Å²) in [5.74, 6) is -1.36. The number of ether oxygens (including phenoxy) is 1. The third-order valence-corrected chi connectivity index (χ3v) is 3.32. The molecule has 2 rings (SSSR count). The van der Waals surface area contributed by atoms with Crippen molar-refractivity contribution in [3.63, 3.8) is 0 Å². The molecule has 19 heavy (non-hydrogen) atoms. The van der Waals surface area contributed by atoms with Crippen LogP contribution >= 0.6 is 0 Å². The molecule has 1 aromatic rings. The molecule has 1 aliphatic rings. The highest BCUT2D eigenvalue weighted by atomic mass is 16.5. The Bertz CT molecular complexity index is 472. The van der Waals surface area contributed by atoms with E-state index in [1.54, 1.807) is 7.11 Å². The summed E-state index contributed by atoms with van der Waals surface area (Å²) in [6, 6.07) is 2.79. The lowest BCUT2D eigenvalue weighted by atomic mass is 10.2. The molecule has 0 radical (unpaired) electrons. The number of carboxylic acid groups (broad SMARTS) is 1. The molecule has 2 unspecified atom stereocenters. The summed E-state index contributed by atoms with van der Waals surface area (Å²) in [5, 5.41) is 11.6. The van der Waals surface area contributed by atoms with Gasteiger partial charge in [0, 0.05) is 13.3 Å². The maximum atomic E-state index is 12.0. The van der Waals surface area contributed by atoms with Crippen LogP contribution in [-0.4, -0.2) is 41.2 Å². The van der Waals surface area contributed by atoms with Gasteiger partial charge in [-0.1, -0.05) is 0 Å². The lowest BCUT2D eigenvalue weighted by Gasteiger charge is -2.19. The van der Waals surface area contributed by atoms with Gasteiger partial charge in [0.05, 0.1) is 17.7 Å². The summed E-state index contributed by atoms with van der Waals surface area (Å²) < 4.78 is 5.30. The first-order valence-corrected chi connectivity index (χ1v) is 6.15. The molecule has 0 saturated heterocycles. The molecule has 1 aliphatic carbocycles. The summed E-state index contributed by atoms with van der Waals surface area (Å²) in [7, 11) is 1.64. The Morgan fingerprint density at radius 2 is 2.21 bits per heavy atom. The van der Waals surface area contributed by atoms with E-state index in [9.17, 15) is 9.59 Å². The van der Waals surface area contributed by atoms with Crippen LogP contribution in [0.5, 0.6) is 0 Å². The summed E-state index contributed by atoms with van der Waals surface area (Å²) in [4.78, 5) is 26.4. The first kappa shape index (κ1) is 13.5. The second kappa shape index (κ2) is 5.79. The van der Waals surface area contributed by atoms with Gasteiger partial charge < -0.3 is 15.2 Å². The van der Waals surface area contributed by atoms with Crippen molar-refractivity contribution in [2.75, 3.05) is 7.11 Å². The highest BCUT2D eigenvalue weighted by Crippen LogP contribution is 2.21. The molecule has 6 nitrogen and oxygen atoms in total. The van der Waals surface area contributed by atoms with Crippen molar-refractivity contribution >= 4 is 11.9 Å².